The fourth-order valence-electron chi connectivity index (χ4n) is 1.47. The van der Waals surface area contributed by atoms with Gasteiger partial charge in [0.15, 0.2) is 0 Å². The standard InChI is InChI=1S/C13H11BrClNO2/c1-8-4-9(7-17)6-16-13(8)18-12-5-10(14)2-3-11(12)15/h2-6,17H,7H2,1H3. The molecule has 0 unspecified atom stereocenters. The van der Waals surface area contributed by atoms with Crippen molar-refractivity contribution < 1.29 is 9.84 Å². The predicted octanol–water partition coefficient (Wildman–Crippen LogP) is 4.09. The first-order valence-electron chi connectivity index (χ1n) is 5.29. The molecule has 2 aromatic rings. The highest BCUT2D eigenvalue weighted by atomic mass is 79.9. The van der Waals surface area contributed by atoms with Crippen molar-refractivity contribution in [3.8, 4) is 11.6 Å². The molecule has 0 fully saturated rings. The van der Waals surface area contributed by atoms with E-state index in [-0.39, 0.29) is 6.61 Å². The Balaban J connectivity index is 2.31. The Labute approximate surface area is 119 Å². The average molecular weight is 329 g/mol. The van der Waals surface area contributed by atoms with E-state index in [2.05, 4.69) is 20.9 Å². The monoisotopic (exact) mass is 327 g/mol. The molecule has 3 nitrogen and oxygen atoms in total. The summed E-state index contributed by atoms with van der Waals surface area (Å²) in [7, 11) is 0. The molecule has 0 saturated carbocycles. The van der Waals surface area contributed by atoms with E-state index in [4.69, 9.17) is 21.4 Å². The molecule has 0 spiro atoms. The van der Waals surface area contributed by atoms with Gasteiger partial charge in [0.1, 0.15) is 5.75 Å². The van der Waals surface area contributed by atoms with Gasteiger partial charge in [0.2, 0.25) is 5.88 Å². The molecular weight excluding hydrogens is 318 g/mol. The zero-order valence-electron chi connectivity index (χ0n) is 9.65. The second-order valence-corrected chi connectivity index (χ2v) is 5.12. The SMILES string of the molecule is Cc1cc(CO)cnc1Oc1cc(Br)ccc1Cl. The lowest BCUT2D eigenvalue weighted by atomic mass is 10.2. The van der Waals surface area contributed by atoms with Gasteiger partial charge in [-0.1, -0.05) is 27.5 Å². The Hall–Kier alpha value is -1.10. The number of pyridine rings is 1. The summed E-state index contributed by atoms with van der Waals surface area (Å²) >= 11 is 9.40. The van der Waals surface area contributed by atoms with Gasteiger partial charge >= 0.3 is 0 Å². The van der Waals surface area contributed by atoms with Crippen molar-refractivity contribution in [2.45, 2.75) is 13.5 Å². The van der Waals surface area contributed by atoms with Crippen molar-refractivity contribution in [1.82, 2.24) is 4.98 Å². The molecule has 94 valence electrons. The van der Waals surface area contributed by atoms with Crippen LogP contribution in [0.15, 0.2) is 34.9 Å². The van der Waals surface area contributed by atoms with Crippen LogP contribution in [0.3, 0.4) is 0 Å². The van der Waals surface area contributed by atoms with Gasteiger partial charge in [-0.05, 0) is 36.8 Å². The van der Waals surface area contributed by atoms with Crippen molar-refractivity contribution in [1.29, 1.82) is 0 Å². The van der Waals surface area contributed by atoms with E-state index in [1.54, 1.807) is 18.3 Å². The molecule has 1 N–H and O–H groups in total. The van der Waals surface area contributed by atoms with E-state index < -0.39 is 0 Å². The molecule has 1 aromatic carbocycles. The number of aliphatic hydroxyl groups is 1. The number of halogens is 2. The fourth-order valence-corrected chi connectivity index (χ4v) is 1.97. The first-order chi connectivity index (χ1) is 8.60. The number of aliphatic hydroxyl groups excluding tert-OH is 1. The Morgan fingerprint density at radius 2 is 2.17 bits per heavy atom. The van der Waals surface area contributed by atoms with Crippen molar-refractivity contribution in [3.63, 3.8) is 0 Å². The second-order valence-electron chi connectivity index (χ2n) is 3.80. The summed E-state index contributed by atoms with van der Waals surface area (Å²) in [6.07, 6.45) is 1.58. The second kappa shape index (κ2) is 5.69. The van der Waals surface area contributed by atoms with Crippen LogP contribution in [-0.4, -0.2) is 10.1 Å². The highest BCUT2D eigenvalue weighted by molar-refractivity contribution is 9.10. The van der Waals surface area contributed by atoms with Crippen LogP contribution < -0.4 is 4.74 Å². The van der Waals surface area contributed by atoms with Crippen LogP contribution >= 0.6 is 27.5 Å². The van der Waals surface area contributed by atoms with E-state index in [1.807, 2.05) is 19.1 Å². The number of hydrogen-bond acceptors (Lipinski definition) is 3. The topological polar surface area (TPSA) is 42.4 Å². The van der Waals surface area contributed by atoms with Crippen molar-refractivity contribution in [2.75, 3.05) is 0 Å². The molecule has 2 rings (SSSR count). The number of hydrogen-bond donors (Lipinski definition) is 1. The average Bonchev–Trinajstić information content (AvgIpc) is 2.36. The molecule has 0 saturated heterocycles. The van der Waals surface area contributed by atoms with Crippen LogP contribution in [0.1, 0.15) is 11.1 Å². The molecule has 0 amide bonds. The smallest absolute Gasteiger partial charge is 0.222 e. The van der Waals surface area contributed by atoms with Gasteiger partial charge < -0.3 is 9.84 Å². The van der Waals surface area contributed by atoms with Gasteiger partial charge in [-0.25, -0.2) is 4.98 Å². The Morgan fingerprint density at radius 3 is 2.83 bits per heavy atom. The summed E-state index contributed by atoms with van der Waals surface area (Å²) in [4.78, 5) is 4.16. The quantitative estimate of drug-likeness (QED) is 0.922. The van der Waals surface area contributed by atoms with Gasteiger partial charge in [-0.15, -0.1) is 0 Å². The fraction of sp³-hybridized carbons (Fsp3) is 0.154. The summed E-state index contributed by atoms with van der Waals surface area (Å²) in [5.74, 6) is 1.02. The van der Waals surface area contributed by atoms with Crippen LogP contribution in [0, 0.1) is 6.92 Å². The van der Waals surface area contributed by atoms with E-state index in [0.717, 1.165) is 15.6 Å². The van der Waals surface area contributed by atoms with E-state index in [0.29, 0.717) is 16.7 Å². The van der Waals surface area contributed by atoms with Gasteiger partial charge in [-0.3, -0.25) is 0 Å². The number of rotatable bonds is 3. The van der Waals surface area contributed by atoms with Crippen molar-refractivity contribution >= 4 is 27.5 Å². The third-order valence-corrected chi connectivity index (χ3v) is 3.17. The lowest BCUT2D eigenvalue weighted by Crippen LogP contribution is -1.94. The zero-order chi connectivity index (χ0) is 13.1. The first kappa shape index (κ1) is 13.3. The van der Waals surface area contributed by atoms with Crippen LogP contribution in [0.5, 0.6) is 11.6 Å². The van der Waals surface area contributed by atoms with E-state index in [1.165, 1.54) is 0 Å². The van der Waals surface area contributed by atoms with Crippen LogP contribution in [0.2, 0.25) is 5.02 Å². The minimum absolute atomic E-state index is 0.0360. The molecule has 1 aromatic heterocycles. The van der Waals surface area contributed by atoms with Crippen molar-refractivity contribution in [3.05, 3.63) is 51.1 Å². The molecule has 0 atom stereocenters. The maximum absolute atomic E-state index is 9.02. The third kappa shape index (κ3) is 3.02. The molecule has 0 aliphatic rings. The van der Waals surface area contributed by atoms with Gasteiger partial charge in [0.25, 0.3) is 0 Å². The molecule has 1 heterocycles. The summed E-state index contributed by atoms with van der Waals surface area (Å²) < 4.78 is 6.55. The van der Waals surface area contributed by atoms with Gasteiger partial charge in [-0.2, -0.15) is 0 Å². The van der Waals surface area contributed by atoms with Gasteiger partial charge in [0.05, 0.1) is 11.6 Å². The highest BCUT2D eigenvalue weighted by Crippen LogP contribution is 2.32. The Morgan fingerprint density at radius 1 is 1.39 bits per heavy atom. The number of benzene rings is 1. The van der Waals surface area contributed by atoms with Gasteiger partial charge in [0, 0.05) is 16.2 Å². The third-order valence-electron chi connectivity index (χ3n) is 2.37. The minimum Gasteiger partial charge on any atom is -0.437 e. The molecular formula is C13H11BrClNO2. The molecule has 0 aliphatic heterocycles. The van der Waals surface area contributed by atoms with Crippen molar-refractivity contribution in [2.24, 2.45) is 0 Å². The summed E-state index contributed by atoms with van der Waals surface area (Å²) in [6.45, 7) is 1.83. The lowest BCUT2D eigenvalue weighted by Gasteiger charge is -2.10. The van der Waals surface area contributed by atoms with Crippen LogP contribution in [0.25, 0.3) is 0 Å². The summed E-state index contributed by atoms with van der Waals surface area (Å²) in [5, 5.41) is 9.53. The largest absolute Gasteiger partial charge is 0.437 e. The summed E-state index contributed by atoms with van der Waals surface area (Å²) in [5.41, 5.74) is 1.60. The number of ether oxygens (including phenoxy) is 1. The van der Waals surface area contributed by atoms with Crippen LogP contribution in [-0.2, 0) is 6.61 Å². The van der Waals surface area contributed by atoms with E-state index in [9.17, 15) is 0 Å². The summed E-state index contributed by atoms with van der Waals surface area (Å²) in [6, 6.07) is 7.19. The van der Waals surface area contributed by atoms with E-state index >= 15 is 0 Å². The Kier molecular flexibility index (Phi) is 4.22. The lowest BCUT2D eigenvalue weighted by molar-refractivity contribution is 0.281. The van der Waals surface area contributed by atoms with Crippen LogP contribution in [0.4, 0.5) is 0 Å². The predicted molar refractivity (Wildman–Crippen MR) is 74.1 cm³/mol. The Bertz CT molecular complexity index is 575. The normalized spacial score (nSPS) is 10.4. The zero-order valence-corrected chi connectivity index (χ0v) is 12.0. The number of aromatic nitrogens is 1. The maximum Gasteiger partial charge on any atom is 0.222 e. The highest BCUT2D eigenvalue weighted by Gasteiger charge is 2.08. The minimum atomic E-state index is -0.0360. The molecule has 5 heteroatoms. The molecule has 18 heavy (non-hydrogen) atoms. The maximum atomic E-state index is 9.02. The first-order valence-corrected chi connectivity index (χ1v) is 6.46. The molecule has 0 bridgehead atoms. The number of aryl methyl sites for hydroxylation is 1. The number of nitrogens with zero attached hydrogens (tertiary/aromatic N) is 1. The molecule has 0 radical (unpaired) electrons. The molecule has 0 aliphatic carbocycles.